The highest BCUT2D eigenvalue weighted by Crippen LogP contribution is 2.27. The van der Waals surface area contributed by atoms with Crippen LogP contribution in [0.3, 0.4) is 0 Å². The number of hydrogen-bond donors (Lipinski definition) is 1. The second-order valence-electron chi connectivity index (χ2n) is 7.13. The molecule has 4 rings (SSSR count). The highest BCUT2D eigenvalue weighted by atomic mass is 19.3. The third-order valence-corrected chi connectivity index (χ3v) is 4.89. The molecule has 0 aliphatic rings. The van der Waals surface area contributed by atoms with E-state index in [1.54, 1.807) is 37.3 Å². The van der Waals surface area contributed by atoms with E-state index in [4.69, 9.17) is 0 Å². The molecule has 0 aliphatic carbocycles. The summed E-state index contributed by atoms with van der Waals surface area (Å²) in [5.74, 6) is -0.243. The van der Waals surface area contributed by atoms with Crippen LogP contribution >= 0.6 is 0 Å². The number of amides is 1. The van der Waals surface area contributed by atoms with Crippen molar-refractivity contribution in [1.29, 1.82) is 0 Å². The molecule has 1 N–H and O–H groups in total. The van der Waals surface area contributed by atoms with Crippen LogP contribution in [0.2, 0.25) is 0 Å². The third-order valence-electron chi connectivity index (χ3n) is 4.89. The van der Waals surface area contributed by atoms with E-state index in [2.05, 4.69) is 15.3 Å². The minimum atomic E-state index is -2.76. The lowest BCUT2D eigenvalue weighted by atomic mass is 10.0. The fraction of sp³-hybridized carbons (Fsp3) is 0.227. The number of nitrogens with zero attached hydrogens (tertiary/aromatic N) is 3. The van der Waals surface area contributed by atoms with Gasteiger partial charge in [0.2, 0.25) is 0 Å². The van der Waals surface area contributed by atoms with Gasteiger partial charge in [-0.25, -0.2) is 4.98 Å². The number of fused-ring (bicyclic) bond motifs is 2. The number of carbonyl (C=O) groups is 1. The number of benzene rings is 2. The lowest BCUT2D eigenvalue weighted by Crippen LogP contribution is -2.29. The Labute approximate surface area is 166 Å². The van der Waals surface area contributed by atoms with Gasteiger partial charge in [-0.2, -0.15) is 8.78 Å². The number of aryl methyl sites for hydroxylation is 2. The van der Waals surface area contributed by atoms with E-state index in [1.165, 1.54) is 0 Å². The van der Waals surface area contributed by atoms with Crippen LogP contribution in [0, 0.1) is 13.8 Å². The smallest absolute Gasteiger partial charge is 0.320 e. The van der Waals surface area contributed by atoms with Gasteiger partial charge in [-0.15, -0.1) is 0 Å². The van der Waals surface area contributed by atoms with Gasteiger partial charge in [0.05, 0.1) is 28.2 Å². The van der Waals surface area contributed by atoms with Crippen LogP contribution in [-0.4, -0.2) is 20.4 Å². The van der Waals surface area contributed by atoms with Crippen LogP contribution in [0.1, 0.15) is 47.0 Å². The maximum absolute atomic E-state index is 13.7. The molecule has 2 heterocycles. The number of hydrogen-bond acceptors (Lipinski definition) is 3. The zero-order chi connectivity index (χ0) is 20.7. The molecule has 29 heavy (non-hydrogen) atoms. The van der Waals surface area contributed by atoms with Crippen LogP contribution in [-0.2, 0) is 0 Å². The molecule has 0 radical (unpaired) electrons. The first-order chi connectivity index (χ1) is 13.8. The van der Waals surface area contributed by atoms with Crippen molar-refractivity contribution in [2.45, 2.75) is 33.4 Å². The third kappa shape index (κ3) is 3.44. The van der Waals surface area contributed by atoms with E-state index in [1.807, 2.05) is 32.0 Å². The standard InChI is InChI=1S/C22H20F2N4O/c1-12-8-9-17-15(10-12)16(11-13(2)25-17)21(29)26-14(3)20-27-18-6-4-5-7-19(18)28(20)22(23)24/h4-11,14,22H,1-3H3,(H,26,29). The quantitative estimate of drug-likeness (QED) is 0.525. The minimum Gasteiger partial charge on any atom is -0.342 e. The molecule has 7 heteroatoms. The van der Waals surface area contributed by atoms with E-state index in [0.717, 1.165) is 15.5 Å². The number of imidazole rings is 1. The summed E-state index contributed by atoms with van der Waals surface area (Å²) in [5, 5.41) is 3.55. The Morgan fingerprint density at radius 3 is 2.55 bits per heavy atom. The van der Waals surface area contributed by atoms with Gasteiger partial charge in [-0.05, 0) is 51.1 Å². The fourth-order valence-electron chi connectivity index (χ4n) is 3.57. The molecule has 1 atom stereocenters. The first-order valence-electron chi connectivity index (χ1n) is 9.29. The van der Waals surface area contributed by atoms with Crippen LogP contribution in [0.25, 0.3) is 21.9 Å². The Morgan fingerprint density at radius 2 is 1.79 bits per heavy atom. The Kier molecular flexibility index (Phi) is 4.74. The summed E-state index contributed by atoms with van der Waals surface area (Å²) in [4.78, 5) is 21.8. The number of rotatable bonds is 4. The average molecular weight is 394 g/mol. The van der Waals surface area contributed by atoms with Crippen LogP contribution < -0.4 is 5.32 Å². The first-order valence-corrected chi connectivity index (χ1v) is 9.29. The zero-order valence-electron chi connectivity index (χ0n) is 16.3. The summed E-state index contributed by atoms with van der Waals surface area (Å²) < 4.78 is 28.3. The maximum atomic E-state index is 13.7. The molecule has 0 spiro atoms. The summed E-state index contributed by atoms with van der Waals surface area (Å²) in [7, 11) is 0. The monoisotopic (exact) mass is 394 g/mol. The zero-order valence-corrected chi connectivity index (χ0v) is 16.3. The predicted octanol–water partition coefficient (Wildman–Crippen LogP) is 5.09. The molecule has 0 saturated heterocycles. The molecule has 148 valence electrons. The summed E-state index contributed by atoms with van der Waals surface area (Å²) in [6.45, 7) is 2.65. The molecule has 5 nitrogen and oxygen atoms in total. The fourth-order valence-corrected chi connectivity index (χ4v) is 3.57. The molecule has 1 amide bonds. The largest absolute Gasteiger partial charge is 0.342 e. The molecule has 0 saturated carbocycles. The van der Waals surface area contributed by atoms with Gasteiger partial charge in [0.25, 0.3) is 5.91 Å². The average Bonchev–Trinajstić information content (AvgIpc) is 3.07. The van der Waals surface area contributed by atoms with Crippen molar-refractivity contribution in [1.82, 2.24) is 19.9 Å². The van der Waals surface area contributed by atoms with E-state index >= 15 is 0 Å². The lowest BCUT2D eigenvalue weighted by molar-refractivity contribution is 0.0688. The second kappa shape index (κ2) is 7.24. The van der Waals surface area contributed by atoms with Gasteiger partial charge in [0.1, 0.15) is 5.82 Å². The van der Waals surface area contributed by atoms with Gasteiger partial charge in [-0.1, -0.05) is 23.8 Å². The van der Waals surface area contributed by atoms with Crippen molar-refractivity contribution in [3.63, 3.8) is 0 Å². The molecule has 4 aromatic rings. The molecule has 0 aliphatic heterocycles. The van der Waals surface area contributed by atoms with Gasteiger partial charge < -0.3 is 5.32 Å². The van der Waals surface area contributed by atoms with Gasteiger partial charge >= 0.3 is 6.55 Å². The number of alkyl halides is 2. The number of para-hydroxylation sites is 2. The van der Waals surface area contributed by atoms with E-state index in [0.29, 0.717) is 27.8 Å². The SMILES string of the molecule is Cc1ccc2nc(C)cc(C(=O)NC(C)c3nc4ccccc4n3C(F)F)c2c1. The maximum Gasteiger partial charge on any atom is 0.320 e. The lowest BCUT2D eigenvalue weighted by Gasteiger charge is -2.17. The van der Waals surface area contributed by atoms with Gasteiger partial charge in [-0.3, -0.25) is 14.3 Å². The molecular weight excluding hydrogens is 374 g/mol. The summed E-state index contributed by atoms with van der Waals surface area (Å²) in [6, 6.07) is 13.4. The topological polar surface area (TPSA) is 59.8 Å². The number of aromatic nitrogens is 3. The molecule has 0 fully saturated rings. The number of pyridine rings is 1. The number of carbonyl (C=O) groups excluding carboxylic acids is 1. The normalized spacial score (nSPS) is 12.6. The van der Waals surface area contributed by atoms with E-state index in [9.17, 15) is 13.6 Å². The van der Waals surface area contributed by atoms with Crippen molar-refractivity contribution in [2.75, 3.05) is 0 Å². The summed E-state index contributed by atoms with van der Waals surface area (Å²) >= 11 is 0. The Morgan fingerprint density at radius 1 is 1.03 bits per heavy atom. The highest BCUT2D eigenvalue weighted by molar-refractivity contribution is 6.06. The van der Waals surface area contributed by atoms with Crippen molar-refractivity contribution >= 4 is 27.8 Å². The molecule has 1 unspecified atom stereocenters. The first kappa shape index (κ1) is 19.0. The van der Waals surface area contributed by atoms with Crippen LogP contribution in [0.15, 0.2) is 48.5 Å². The van der Waals surface area contributed by atoms with Crippen LogP contribution in [0.4, 0.5) is 8.78 Å². The Hall–Kier alpha value is -3.35. The van der Waals surface area contributed by atoms with E-state index in [-0.39, 0.29) is 11.7 Å². The minimum absolute atomic E-state index is 0.112. The van der Waals surface area contributed by atoms with Crippen molar-refractivity contribution in [3.8, 4) is 0 Å². The van der Waals surface area contributed by atoms with Crippen molar-refractivity contribution in [3.05, 3.63) is 71.2 Å². The number of nitrogens with one attached hydrogen (secondary N) is 1. The van der Waals surface area contributed by atoms with Gasteiger partial charge in [0.15, 0.2) is 0 Å². The van der Waals surface area contributed by atoms with Crippen molar-refractivity contribution < 1.29 is 13.6 Å². The highest BCUT2D eigenvalue weighted by Gasteiger charge is 2.24. The predicted molar refractivity (Wildman–Crippen MR) is 108 cm³/mol. The number of halogens is 2. The van der Waals surface area contributed by atoms with Crippen molar-refractivity contribution in [2.24, 2.45) is 0 Å². The van der Waals surface area contributed by atoms with Crippen LogP contribution in [0.5, 0.6) is 0 Å². The molecule has 2 aromatic carbocycles. The summed E-state index contributed by atoms with van der Waals surface area (Å²) in [5.41, 5.74) is 3.68. The molecule has 0 bridgehead atoms. The molecular formula is C22H20F2N4O. The van der Waals surface area contributed by atoms with Gasteiger partial charge in [0, 0.05) is 11.1 Å². The summed E-state index contributed by atoms with van der Waals surface area (Å²) in [6.07, 6.45) is 0. The molecule has 2 aromatic heterocycles. The Balaban J connectivity index is 1.73. The van der Waals surface area contributed by atoms with E-state index < -0.39 is 12.6 Å². The Bertz CT molecular complexity index is 1230. The second-order valence-corrected chi connectivity index (χ2v) is 7.13.